The number of morpholine rings is 2. The van der Waals surface area contributed by atoms with E-state index in [4.69, 9.17) is 9.47 Å². The van der Waals surface area contributed by atoms with Gasteiger partial charge in [0.1, 0.15) is 5.69 Å². The number of ether oxygens (including phenoxy) is 2. The number of rotatable bonds is 2. The quantitative estimate of drug-likeness (QED) is 0.902. The number of fused-ring (bicyclic) bond motifs is 1. The minimum atomic E-state index is -0.0212. The number of hydrogen-bond donors (Lipinski definition) is 1. The van der Waals surface area contributed by atoms with Gasteiger partial charge in [0.25, 0.3) is 5.56 Å². The molecule has 2 aliphatic heterocycles. The molecular weight excluding hydrogens is 294 g/mol. The van der Waals surface area contributed by atoms with Gasteiger partial charge in [-0.15, -0.1) is 0 Å². The zero-order valence-electron chi connectivity index (χ0n) is 13.1. The monoisotopic (exact) mass is 315 g/mol. The summed E-state index contributed by atoms with van der Waals surface area (Å²) in [6, 6.07) is 8.02. The van der Waals surface area contributed by atoms with Gasteiger partial charge < -0.3 is 24.3 Å². The van der Waals surface area contributed by atoms with Crippen molar-refractivity contribution in [1.82, 2.24) is 4.98 Å². The van der Waals surface area contributed by atoms with E-state index in [1.165, 1.54) is 0 Å². The first-order chi connectivity index (χ1) is 11.3. The highest BCUT2D eigenvalue weighted by Gasteiger charge is 2.25. The molecule has 1 N–H and O–H groups in total. The molecule has 0 atom stereocenters. The molecule has 23 heavy (non-hydrogen) atoms. The molecule has 6 heteroatoms. The van der Waals surface area contributed by atoms with Crippen molar-refractivity contribution in [2.75, 3.05) is 62.4 Å². The molecule has 0 bridgehead atoms. The fourth-order valence-electron chi connectivity index (χ4n) is 3.40. The van der Waals surface area contributed by atoms with Gasteiger partial charge in [-0.2, -0.15) is 0 Å². The smallest absolute Gasteiger partial charge is 0.274 e. The number of H-pyrrole nitrogens is 1. The van der Waals surface area contributed by atoms with E-state index in [0.717, 1.165) is 48.5 Å². The molecule has 6 nitrogen and oxygen atoms in total. The van der Waals surface area contributed by atoms with Crippen LogP contribution in [0.3, 0.4) is 0 Å². The average Bonchev–Trinajstić information content (AvgIpc) is 2.62. The van der Waals surface area contributed by atoms with Crippen LogP contribution in [-0.4, -0.2) is 57.6 Å². The fraction of sp³-hybridized carbons (Fsp3) is 0.471. The summed E-state index contributed by atoms with van der Waals surface area (Å²) in [4.78, 5) is 20.3. The second kappa shape index (κ2) is 6.22. The second-order valence-corrected chi connectivity index (χ2v) is 5.90. The van der Waals surface area contributed by atoms with Gasteiger partial charge in [0.05, 0.1) is 37.6 Å². The van der Waals surface area contributed by atoms with Crippen molar-refractivity contribution < 1.29 is 9.47 Å². The van der Waals surface area contributed by atoms with Gasteiger partial charge in [0, 0.05) is 31.6 Å². The SMILES string of the molecule is O=c1[nH]c2ccccc2c(N2CCOCC2)c1N1CCOCC1. The molecule has 1 aromatic carbocycles. The minimum absolute atomic E-state index is 0.0212. The Hall–Kier alpha value is -2.05. The molecule has 0 unspecified atom stereocenters. The molecule has 0 spiro atoms. The van der Waals surface area contributed by atoms with Gasteiger partial charge in [-0.25, -0.2) is 0 Å². The van der Waals surface area contributed by atoms with Gasteiger partial charge in [-0.05, 0) is 6.07 Å². The standard InChI is InChI=1S/C17H21N3O3/c21-17-16(20-7-11-23-12-8-20)15(19-5-9-22-10-6-19)13-3-1-2-4-14(13)18-17/h1-4H,5-12H2,(H,18,21). The number of nitrogens with zero attached hydrogens (tertiary/aromatic N) is 2. The van der Waals surface area contributed by atoms with Gasteiger partial charge in [-0.3, -0.25) is 4.79 Å². The van der Waals surface area contributed by atoms with Crippen LogP contribution >= 0.6 is 0 Å². The number of anilines is 2. The second-order valence-electron chi connectivity index (χ2n) is 5.90. The van der Waals surface area contributed by atoms with Crippen LogP contribution in [0.5, 0.6) is 0 Å². The molecular formula is C17H21N3O3. The Morgan fingerprint density at radius 3 is 2.04 bits per heavy atom. The first kappa shape index (κ1) is 14.5. The van der Waals surface area contributed by atoms with E-state index in [-0.39, 0.29) is 5.56 Å². The van der Waals surface area contributed by atoms with Crippen LogP contribution in [0.2, 0.25) is 0 Å². The summed E-state index contributed by atoms with van der Waals surface area (Å²) in [7, 11) is 0. The van der Waals surface area contributed by atoms with Crippen molar-refractivity contribution in [3.05, 3.63) is 34.6 Å². The molecule has 2 saturated heterocycles. The Morgan fingerprint density at radius 1 is 0.826 bits per heavy atom. The van der Waals surface area contributed by atoms with Crippen molar-refractivity contribution in [2.24, 2.45) is 0 Å². The van der Waals surface area contributed by atoms with E-state index >= 15 is 0 Å². The minimum Gasteiger partial charge on any atom is -0.378 e. The van der Waals surface area contributed by atoms with Gasteiger partial charge in [0.15, 0.2) is 0 Å². The predicted octanol–water partition coefficient (Wildman–Crippen LogP) is 1.20. The number of para-hydroxylation sites is 1. The predicted molar refractivity (Wildman–Crippen MR) is 90.6 cm³/mol. The maximum Gasteiger partial charge on any atom is 0.274 e. The summed E-state index contributed by atoms with van der Waals surface area (Å²) in [5.41, 5.74) is 2.67. The number of aromatic amines is 1. The molecule has 2 fully saturated rings. The van der Waals surface area contributed by atoms with Crippen molar-refractivity contribution in [3.63, 3.8) is 0 Å². The molecule has 122 valence electrons. The van der Waals surface area contributed by atoms with E-state index in [2.05, 4.69) is 20.9 Å². The van der Waals surface area contributed by atoms with E-state index in [9.17, 15) is 4.79 Å². The average molecular weight is 315 g/mol. The third kappa shape index (κ3) is 2.68. The lowest BCUT2D eigenvalue weighted by Gasteiger charge is -2.36. The van der Waals surface area contributed by atoms with Gasteiger partial charge in [0.2, 0.25) is 0 Å². The van der Waals surface area contributed by atoms with Crippen LogP contribution in [0, 0.1) is 0 Å². The number of hydrogen-bond acceptors (Lipinski definition) is 5. The Balaban J connectivity index is 1.91. The Morgan fingerprint density at radius 2 is 1.39 bits per heavy atom. The number of aromatic nitrogens is 1. The van der Waals surface area contributed by atoms with Gasteiger partial charge >= 0.3 is 0 Å². The highest BCUT2D eigenvalue weighted by Crippen LogP contribution is 2.34. The summed E-state index contributed by atoms with van der Waals surface area (Å²) in [5, 5.41) is 1.09. The Kier molecular flexibility index (Phi) is 3.93. The maximum atomic E-state index is 12.8. The lowest BCUT2D eigenvalue weighted by molar-refractivity contribution is 0.121. The van der Waals surface area contributed by atoms with E-state index in [1.807, 2.05) is 18.2 Å². The summed E-state index contributed by atoms with van der Waals surface area (Å²) >= 11 is 0. The maximum absolute atomic E-state index is 12.8. The third-order valence-electron chi connectivity index (χ3n) is 4.52. The summed E-state index contributed by atoms with van der Waals surface area (Å²) < 4.78 is 10.9. The van der Waals surface area contributed by atoms with Crippen molar-refractivity contribution in [2.45, 2.75) is 0 Å². The van der Waals surface area contributed by atoms with Crippen LogP contribution in [0.1, 0.15) is 0 Å². The summed E-state index contributed by atoms with van der Waals surface area (Å²) in [6.45, 7) is 5.84. The summed E-state index contributed by atoms with van der Waals surface area (Å²) in [5.74, 6) is 0. The Labute approximate surface area is 134 Å². The van der Waals surface area contributed by atoms with Gasteiger partial charge in [-0.1, -0.05) is 18.2 Å². The lowest BCUT2D eigenvalue weighted by atomic mass is 10.1. The molecule has 0 amide bonds. The van der Waals surface area contributed by atoms with Crippen LogP contribution in [0.15, 0.2) is 29.1 Å². The third-order valence-corrected chi connectivity index (χ3v) is 4.52. The number of benzene rings is 1. The zero-order chi connectivity index (χ0) is 15.6. The zero-order valence-corrected chi connectivity index (χ0v) is 13.1. The number of pyridine rings is 1. The molecule has 4 rings (SSSR count). The van der Waals surface area contributed by atoms with Crippen molar-refractivity contribution in [3.8, 4) is 0 Å². The molecule has 3 heterocycles. The fourth-order valence-corrected chi connectivity index (χ4v) is 3.40. The van der Waals surface area contributed by atoms with Crippen molar-refractivity contribution in [1.29, 1.82) is 0 Å². The Bertz CT molecular complexity index is 746. The van der Waals surface area contributed by atoms with E-state index in [1.54, 1.807) is 0 Å². The topological polar surface area (TPSA) is 57.8 Å². The van der Waals surface area contributed by atoms with E-state index in [0.29, 0.717) is 26.4 Å². The van der Waals surface area contributed by atoms with Crippen LogP contribution in [0.25, 0.3) is 10.9 Å². The first-order valence-electron chi connectivity index (χ1n) is 8.15. The van der Waals surface area contributed by atoms with Crippen LogP contribution in [-0.2, 0) is 9.47 Å². The lowest BCUT2D eigenvalue weighted by Crippen LogP contribution is -2.43. The number of nitrogens with one attached hydrogen (secondary N) is 1. The molecule has 1 aromatic heterocycles. The molecule has 2 aromatic rings. The highest BCUT2D eigenvalue weighted by atomic mass is 16.5. The normalized spacial score (nSPS) is 19.3. The largest absolute Gasteiger partial charge is 0.378 e. The highest BCUT2D eigenvalue weighted by molar-refractivity contribution is 5.98. The van der Waals surface area contributed by atoms with Crippen molar-refractivity contribution >= 4 is 22.3 Å². The molecule has 2 aliphatic rings. The molecule has 0 saturated carbocycles. The van der Waals surface area contributed by atoms with Crippen LogP contribution < -0.4 is 15.4 Å². The van der Waals surface area contributed by atoms with E-state index < -0.39 is 0 Å². The first-order valence-corrected chi connectivity index (χ1v) is 8.15. The molecule has 0 aliphatic carbocycles. The molecule has 0 radical (unpaired) electrons. The van der Waals surface area contributed by atoms with Crippen LogP contribution in [0.4, 0.5) is 11.4 Å². The summed E-state index contributed by atoms with van der Waals surface area (Å²) in [6.07, 6.45) is 0.